The van der Waals surface area contributed by atoms with E-state index in [1.807, 2.05) is 0 Å². The first-order valence-corrected chi connectivity index (χ1v) is 29.0. The number of aromatic nitrogens is 4. The Labute approximate surface area is 430 Å². The van der Waals surface area contributed by atoms with Crippen LogP contribution in [0.1, 0.15) is 34.6 Å². The molecular formula is C48H38F6I2N10O7. The van der Waals surface area contributed by atoms with Crippen LogP contribution in [0.25, 0.3) is 33.4 Å². The molecule has 2 aliphatic heterocycles. The Morgan fingerprint density at radius 2 is 1.14 bits per heavy atom. The first-order valence-electron chi connectivity index (χ1n) is 22.7. The minimum absolute atomic E-state index is 0.0840. The number of anilines is 2. The van der Waals surface area contributed by atoms with Gasteiger partial charge in [0.2, 0.25) is 22.7 Å². The number of pyridine rings is 4. The van der Waals surface area contributed by atoms with E-state index < -0.39 is 110 Å². The zero-order valence-electron chi connectivity index (χ0n) is 37.9. The quantitative estimate of drug-likeness (QED) is 0.0883. The highest BCUT2D eigenvalue weighted by Gasteiger charge is 2.90. The summed E-state index contributed by atoms with van der Waals surface area (Å²) >= 11 is 4.24. The van der Waals surface area contributed by atoms with Crippen molar-refractivity contribution >= 4 is 94.6 Å². The van der Waals surface area contributed by atoms with Crippen molar-refractivity contribution in [3.63, 3.8) is 0 Å². The molecule has 6 fully saturated rings. The van der Waals surface area contributed by atoms with Gasteiger partial charge in [-0.25, -0.2) is 41.1 Å². The lowest BCUT2D eigenvalue weighted by Crippen LogP contribution is -2.51. The van der Waals surface area contributed by atoms with Gasteiger partial charge in [0.15, 0.2) is 34.6 Å². The van der Waals surface area contributed by atoms with Crippen LogP contribution in [0.2, 0.25) is 0 Å². The number of rotatable bonds is 11. The lowest BCUT2D eigenvalue weighted by Gasteiger charge is -2.21. The van der Waals surface area contributed by atoms with Crippen molar-refractivity contribution in [1.82, 2.24) is 35.1 Å². The van der Waals surface area contributed by atoms with Gasteiger partial charge in [0.1, 0.15) is 40.4 Å². The number of carbonyl (C=O) groups is 4. The molecule has 0 bridgehead atoms. The summed E-state index contributed by atoms with van der Waals surface area (Å²) in [5.41, 5.74) is 0.115. The SMILES string of the molecule is CC(NC(=O)[C@H](C)N)C(=O)NC1C2C3CN(c4nc5c(cc4F)c(=O)c(C(=O)NC4C6C7CN(c8nc9c(cc8F)c(=O)c(C(=O)O)cn9-c8ccc(F)cc8F)CC746)cn5-c4ccc(F)cc4F)CC312.II. The summed E-state index contributed by atoms with van der Waals surface area (Å²) in [5.74, 6) is -9.78. The average molecular weight is 1230 g/mol. The normalized spacial score (nSPS) is 26.1. The van der Waals surface area contributed by atoms with Gasteiger partial charge in [-0.2, -0.15) is 0 Å². The summed E-state index contributed by atoms with van der Waals surface area (Å²) in [4.78, 5) is 90.5. The molecule has 12 rings (SSSR count). The fourth-order valence-corrected chi connectivity index (χ4v) is 11.9. The number of carboxylic acid groups (broad SMARTS) is 1. The predicted molar refractivity (Wildman–Crippen MR) is 267 cm³/mol. The van der Waals surface area contributed by atoms with Crippen LogP contribution in [0.15, 0.2) is 70.5 Å². The predicted octanol–water partition coefficient (Wildman–Crippen LogP) is 4.66. The number of nitrogens with two attached hydrogens (primary N) is 1. The molecule has 2 aromatic carbocycles. The van der Waals surface area contributed by atoms with Crippen molar-refractivity contribution < 1.29 is 50.6 Å². The van der Waals surface area contributed by atoms with E-state index in [1.54, 1.807) is 9.80 Å². The number of piperidine rings is 2. The number of benzene rings is 2. The van der Waals surface area contributed by atoms with E-state index in [1.165, 1.54) is 13.8 Å². The number of carbonyl (C=O) groups excluding carboxylic acids is 3. The van der Waals surface area contributed by atoms with Crippen molar-refractivity contribution in [2.75, 3.05) is 36.0 Å². The first kappa shape index (κ1) is 48.9. The number of nitrogens with zero attached hydrogens (tertiary/aromatic N) is 6. The molecule has 6 aromatic rings. The van der Waals surface area contributed by atoms with E-state index in [0.29, 0.717) is 18.7 Å². The number of halogens is 8. The van der Waals surface area contributed by atoms with Crippen LogP contribution in [-0.4, -0.2) is 98.2 Å². The highest BCUT2D eigenvalue weighted by molar-refractivity contribution is 15.0. The number of aromatic carboxylic acids is 1. The summed E-state index contributed by atoms with van der Waals surface area (Å²) in [6.07, 6.45) is 1.88. The van der Waals surface area contributed by atoms with Gasteiger partial charge in [-0.15, -0.1) is 0 Å². The topological polar surface area (TPSA) is 227 Å². The zero-order chi connectivity index (χ0) is 52.1. The minimum Gasteiger partial charge on any atom is -0.477 e. The molecule has 9 unspecified atom stereocenters. The highest BCUT2D eigenvalue weighted by atomic mass is 128. The standard InChI is InChI=1S/C48H38F6N10O7.I2/c1-17(55)43(67)56-18(2)44(68)57-37-33-25-13-61(15-47(25,33)37)41-29(53)9-21-35(65)23(11-63(39(21)59-41)31-5-3-19(49)7-27(31)51)45(69)58-38-34-26-14-62(16-48(26,34)38)42-30(54)10-22-36(66)24(46(70)71)12-64(40(22)60-42)32-6-4-20(50)8-28(32)52;1-2/h3-12,17-18,25-26,33-34,37-38H,13-16,55H2,1-2H3,(H,56,67)(H,57,68)(H,58,69)(H,70,71);/t17-,18?,25?,26?,33?,34?,37?,38?,47?,48?;/m0./s1. The number of amides is 3. The summed E-state index contributed by atoms with van der Waals surface area (Å²) in [6, 6.07) is 4.41. The Balaban J connectivity index is 0.00000284. The molecule has 73 heavy (non-hydrogen) atoms. The van der Waals surface area contributed by atoms with Crippen LogP contribution in [0.4, 0.5) is 38.0 Å². The molecule has 3 amide bonds. The third-order valence-electron chi connectivity index (χ3n) is 15.7. The molecule has 4 aromatic heterocycles. The van der Waals surface area contributed by atoms with Gasteiger partial charge in [-0.05, 0) is 73.9 Å². The van der Waals surface area contributed by atoms with E-state index >= 15 is 17.6 Å². The zero-order valence-corrected chi connectivity index (χ0v) is 42.2. The van der Waals surface area contributed by atoms with Crippen molar-refractivity contribution in [2.24, 2.45) is 40.2 Å². The second-order valence-electron chi connectivity index (χ2n) is 19.5. The third-order valence-corrected chi connectivity index (χ3v) is 15.7. The Hall–Kier alpha value is -6.36. The van der Waals surface area contributed by atoms with Crippen LogP contribution in [-0.2, 0) is 9.59 Å². The van der Waals surface area contributed by atoms with E-state index in [4.69, 9.17) is 5.73 Å². The highest BCUT2D eigenvalue weighted by Crippen LogP contribution is 2.83. The number of hydrogen-bond donors (Lipinski definition) is 5. The Morgan fingerprint density at radius 1 is 0.685 bits per heavy atom. The first-order chi connectivity index (χ1) is 34.7. The van der Waals surface area contributed by atoms with Crippen LogP contribution < -0.4 is 42.3 Å². The minimum atomic E-state index is -1.67. The van der Waals surface area contributed by atoms with Gasteiger partial charge < -0.3 is 36.6 Å². The maximum absolute atomic E-state index is 16.3. The van der Waals surface area contributed by atoms with Gasteiger partial charge in [-0.3, -0.25) is 33.1 Å². The Kier molecular flexibility index (Phi) is 11.5. The maximum Gasteiger partial charge on any atom is 0.341 e. The summed E-state index contributed by atoms with van der Waals surface area (Å²) in [7, 11) is 0. The van der Waals surface area contributed by atoms with Crippen molar-refractivity contribution in [1.29, 1.82) is 0 Å². The van der Waals surface area contributed by atoms with Gasteiger partial charge in [0, 0.05) is 111 Å². The van der Waals surface area contributed by atoms with E-state index in [2.05, 4.69) is 63.2 Å². The average Bonchev–Trinajstić information content (AvgIpc) is 4.31. The van der Waals surface area contributed by atoms with E-state index in [0.717, 1.165) is 57.9 Å². The van der Waals surface area contributed by atoms with Crippen molar-refractivity contribution in [2.45, 2.75) is 38.0 Å². The molecule has 10 atom stereocenters. The molecule has 6 heterocycles. The van der Waals surface area contributed by atoms with Crippen LogP contribution in [0.5, 0.6) is 0 Å². The fourth-order valence-electron chi connectivity index (χ4n) is 11.9. The maximum atomic E-state index is 16.3. The van der Waals surface area contributed by atoms with Crippen LogP contribution in [0, 0.1) is 69.4 Å². The van der Waals surface area contributed by atoms with E-state index in [9.17, 15) is 42.7 Å². The molecule has 25 heteroatoms. The number of carboxylic acids is 1. The largest absolute Gasteiger partial charge is 0.477 e. The molecule has 2 spiro atoms. The van der Waals surface area contributed by atoms with Gasteiger partial charge in [-0.1, -0.05) is 0 Å². The molecule has 0 radical (unpaired) electrons. The van der Waals surface area contributed by atoms with Gasteiger partial charge >= 0.3 is 5.97 Å². The van der Waals surface area contributed by atoms with Crippen molar-refractivity contribution in [3.8, 4) is 11.4 Å². The van der Waals surface area contributed by atoms with Crippen LogP contribution in [0.3, 0.4) is 0 Å². The molecule has 17 nitrogen and oxygen atoms in total. The fraction of sp³-hybridized carbons (Fsp3) is 0.333. The summed E-state index contributed by atoms with van der Waals surface area (Å²) in [5, 5.41) is 17.2. The number of nitrogens with one attached hydrogen (secondary N) is 3. The molecule has 6 N–H and O–H groups in total. The second-order valence-corrected chi connectivity index (χ2v) is 19.5. The Bertz CT molecular complexity index is 3610. The molecule has 2 saturated heterocycles. The molecule has 378 valence electrons. The molecular weight excluding hydrogens is 1200 g/mol. The van der Waals surface area contributed by atoms with E-state index in [-0.39, 0.29) is 94.5 Å². The Morgan fingerprint density at radius 3 is 1.59 bits per heavy atom. The lowest BCUT2D eigenvalue weighted by molar-refractivity contribution is -0.129. The van der Waals surface area contributed by atoms with Crippen LogP contribution >= 0.6 is 37.2 Å². The van der Waals surface area contributed by atoms with Crippen molar-refractivity contribution in [3.05, 3.63) is 127 Å². The monoisotopic (exact) mass is 1230 g/mol. The second kappa shape index (κ2) is 17.1. The van der Waals surface area contributed by atoms with Gasteiger partial charge in [0.25, 0.3) is 5.91 Å². The smallest absolute Gasteiger partial charge is 0.341 e. The molecule has 6 aliphatic rings. The lowest BCUT2D eigenvalue weighted by atomic mass is 10.0. The number of fused-ring (bicyclic) bond motifs is 4. The van der Waals surface area contributed by atoms with Gasteiger partial charge in [0.05, 0.1) is 28.2 Å². The number of hydrogen-bond acceptors (Lipinski definition) is 11. The molecule has 4 aliphatic carbocycles. The summed E-state index contributed by atoms with van der Waals surface area (Å²) < 4.78 is 93.0. The summed E-state index contributed by atoms with van der Waals surface area (Å²) in [6.45, 7) is 4.03. The molecule has 4 saturated carbocycles. The third kappa shape index (κ3) is 7.39.